The largest absolute Gasteiger partial charge is 0.493 e. The Bertz CT molecular complexity index is 1260. The van der Waals surface area contributed by atoms with Gasteiger partial charge in [0.25, 0.3) is 0 Å². The number of nitrogen functional groups attached to an aromatic ring is 2. The van der Waals surface area contributed by atoms with Gasteiger partial charge in [0.1, 0.15) is 12.4 Å². The normalized spacial score (nSPS) is 11.5. The van der Waals surface area contributed by atoms with Crippen molar-refractivity contribution in [3.8, 4) is 28.7 Å². The lowest BCUT2D eigenvalue weighted by molar-refractivity contribution is -0.137. The summed E-state index contributed by atoms with van der Waals surface area (Å²) in [4.78, 5) is 18.9. The van der Waals surface area contributed by atoms with Crippen molar-refractivity contribution in [1.29, 1.82) is 0 Å². The van der Waals surface area contributed by atoms with E-state index in [9.17, 15) is 4.79 Å². The third-order valence-electron chi connectivity index (χ3n) is 6.19. The van der Waals surface area contributed by atoms with E-state index in [1.807, 2.05) is 44.2 Å². The number of nitrogens with two attached hydrogens (primary N) is 2. The molecule has 1 aromatic heterocycles. The van der Waals surface area contributed by atoms with E-state index in [4.69, 9.17) is 40.3 Å². The maximum atomic E-state index is 10.9. The molecule has 0 radical (unpaired) electrons. The van der Waals surface area contributed by atoms with E-state index in [2.05, 4.69) is 9.97 Å². The van der Waals surface area contributed by atoms with Gasteiger partial charge < -0.3 is 40.3 Å². The zero-order chi connectivity index (χ0) is 29.1. The zero-order valence-electron chi connectivity index (χ0n) is 23.4. The van der Waals surface area contributed by atoms with Crippen molar-refractivity contribution in [3.63, 3.8) is 0 Å². The summed E-state index contributed by atoms with van der Waals surface area (Å²) in [6, 6.07) is 9.35. The monoisotopic (exact) mass is 554 g/mol. The van der Waals surface area contributed by atoms with Gasteiger partial charge in [-0.1, -0.05) is 13.0 Å². The van der Waals surface area contributed by atoms with Gasteiger partial charge in [0.15, 0.2) is 23.0 Å². The number of hydrogen-bond acceptors (Lipinski definition) is 10. The van der Waals surface area contributed by atoms with E-state index < -0.39 is 5.97 Å². The molecule has 0 saturated carbocycles. The molecule has 40 heavy (non-hydrogen) atoms. The number of carbonyl (C=O) groups is 1. The molecule has 216 valence electrons. The van der Waals surface area contributed by atoms with Gasteiger partial charge in [0.05, 0.1) is 26.9 Å². The average Bonchev–Trinajstić information content (AvgIpc) is 2.93. The molecule has 0 fully saturated rings. The van der Waals surface area contributed by atoms with Crippen LogP contribution in [0.25, 0.3) is 0 Å². The molecule has 11 nitrogen and oxygen atoms in total. The minimum atomic E-state index is -0.822. The van der Waals surface area contributed by atoms with Crippen molar-refractivity contribution < 1.29 is 33.6 Å². The van der Waals surface area contributed by atoms with E-state index in [-0.39, 0.29) is 25.1 Å². The van der Waals surface area contributed by atoms with E-state index in [0.717, 1.165) is 16.7 Å². The second-order valence-electron chi connectivity index (χ2n) is 9.08. The molecule has 3 aromatic rings. The summed E-state index contributed by atoms with van der Waals surface area (Å²) in [5, 5.41) is 8.94. The Kier molecular flexibility index (Phi) is 11.0. The fourth-order valence-electron chi connectivity index (χ4n) is 4.13. The second-order valence-corrected chi connectivity index (χ2v) is 9.08. The van der Waals surface area contributed by atoms with Crippen LogP contribution < -0.4 is 35.2 Å². The maximum Gasteiger partial charge on any atom is 0.303 e. The number of benzene rings is 2. The topological polar surface area (TPSA) is 161 Å². The predicted molar refractivity (Wildman–Crippen MR) is 151 cm³/mol. The second kappa shape index (κ2) is 14.7. The molecule has 1 heterocycles. The van der Waals surface area contributed by atoms with Crippen LogP contribution in [0.5, 0.6) is 28.7 Å². The number of anilines is 2. The zero-order valence-corrected chi connectivity index (χ0v) is 23.4. The summed E-state index contributed by atoms with van der Waals surface area (Å²) in [5.74, 6) is 2.30. The predicted octanol–water partition coefficient (Wildman–Crippen LogP) is 4.64. The standard InChI is InChI=1S/C29H38N4O7/c1-5-21(8-7-9-26(34)35)40-27-24(36-3)14-19(15-25(27)37-4)17-39-22-11-10-18(13-23(22)38-6-2)12-20-16-32-29(31)33-28(20)30/h10-11,13-16,21H,5-9,12,17H2,1-4H3,(H,34,35)(H4,30,31,32,33). The van der Waals surface area contributed by atoms with Crippen molar-refractivity contribution in [2.75, 3.05) is 32.3 Å². The quantitative estimate of drug-likeness (QED) is 0.226. The lowest BCUT2D eigenvalue weighted by Gasteiger charge is -2.22. The Labute approximate surface area is 234 Å². The van der Waals surface area contributed by atoms with Gasteiger partial charge in [-0.25, -0.2) is 4.98 Å². The van der Waals surface area contributed by atoms with Crippen molar-refractivity contribution in [1.82, 2.24) is 9.97 Å². The minimum absolute atomic E-state index is 0.0962. The van der Waals surface area contributed by atoms with Crippen LogP contribution in [-0.4, -0.2) is 48.0 Å². The fourth-order valence-corrected chi connectivity index (χ4v) is 4.13. The first-order chi connectivity index (χ1) is 19.3. The first-order valence-electron chi connectivity index (χ1n) is 13.2. The van der Waals surface area contributed by atoms with Crippen molar-refractivity contribution >= 4 is 17.7 Å². The van der Waals surface area contributed by atoms with Gasteiger partial charge >= 0.3 is 5.97 Å². The van der Waals surface area contributed by atoms with Crippen molar-refractivity contribution in [3.05, 3.63) is 53.2 Å². The highest BCUT2D eigenvalue weighted by molar-refractivity contribution is 5.66. The van der Waals surface area contributed by atoms with E-state index in [1.165, 1.54) is 0 Å². The van der Waals surface area contributed by atoms with Crippen LogP contribution in [0.1, 0.15) is 56.2 Å². The summed E-state index contributed by atoms with van der Waals surface area (Å²) < 4.78 is 29.4. The molecule has 2 aromatic carbocycles. The van der Waals surface area contributed by atoms with Crippen molar-refractivity contribution in [2.24, 2.45) is 0 Å². The molecule has 5 N–H and O–H groups in total. The third kappa shape index (κ3) is 8.29. The van der Waals surface area contributed by atoms with Crippen LogP contribution in [0.2, 0.25) is 0 Å². The highest BCUT2D eigenvalue weighted by Crippen LogP contribution is 2.40. The molecule has 0 amide bonds. The smallest absolute Gasteiger partial charge is 0.303 e. The van der Waals surface area contributed by atoms with E-state index >= 15 is 0 Å². The Morgan fingerprint density at radius 2 is 1.68 bits per heavy atom. The number of methoxy groups -OCH3 is 2. The maximum absolute atomic E-state index is 10.9. The van der Waals surface area contributed by atoms with E-state index in [1.54, 1.807) is 20.4 Å². The van der Waals surface area contributed by atoms with Crippen molar-refractivity contribution in [2.45, 2.75) is 58.7 Å². The molecular weight excluding hydrogens is 516 g/mol. The Balaban J connectivity index is 1.76. The van der Waals surface area contributed by atoms with Gasteiger partial charge in [0.2, 0.25) is 11.7 Å². The lowest BCUT2D eigenvalue weighted by Crippen LogP contribution is -2.17. The van der Waals surface area contributed by atoms with Crippen LogP contribution in [0.4, 0.5) is 11.8 Å². The minimum Gasteiger partial charge on any atom is -0.493 e. The summed E-state index contributed by atoms with van der Waals surface area (Å²) in [5.41, 5.74) is 14.1. The number of rotatable bonds is 16. The lowest BCUT2D eigenvalue weighted by atomic mass is 10.1. The number of hydrogen-bond donors (Lipinski definition) is 3. The van der Waals surface area contributed by atoms with Crippen LogP contribution >= 0.6 is 0 Å². The molecule has 1 atom stereocenters. The number of ether oxygens (including phenoxy) is 5. The van der Waals surface area contributed by atoms with Gasteiger partial charge in [-0.2, -0.15) is 4.98 Å². The summed E-state index contributed by atoms with van der Waals surface area (Å²) >= 11 is 0. The van der Waals surface area contributed by atoms with Crippen LogP contribution in [0.15, 0.2) is 36.5 Å². The molecule has 0 saturated heterocycles. The summed E-state index contributed by atoms with van der Waals surface area (Å²) in [6.07, 6.45) is 3.89. The SMILES string of the molecule is CCOc1cc(Cc2cnc(N)nc2N)ccc1OCc1cc(OC)c(OC(CC)CCCC(=O)O)c(OC)c1. The van der Waals surface area contributed by atoms with Crippen LogP contribution in [0.3, 0.4) is 0 Å². The molecule has 11 heteroatoms. The molecule has 0 aliphatic heterocycles. The van der Waals surface area contributed by atoms with E-state index in [0.29, 0.717) is 66.9 Å². The molecule has 1 unspecified atom stereocenters. The molecule has 3 rings (SSSR count). The van der Waals surface area contributed by atoms with Gasteiger partial charge in [0, 0.05) is 24.6 Å². The number of nitrogens with zero attached hydrogens (tertiary/aromatic N) is 2. The van der Waals surface area contributed by atoms with Gasteiger partial charge in [-0.05, 0) is 61.6 Å². The molecule has 0 aliphatic rings. The molecule has 0 spiro atoms. The first-order valence-corrected chi connectivity index (χ1v) is 13.2. The third-order valence-corrected chi connectivity index (χ3v) is 6.19. The first kappa shape index (κ1) is 30.1. The number of carboxylic acids is 1. The van der Waals surface area contributed by atoms with Crippen LogP contribution in [0, 0.1) is 0 Å². The Morgan fingerprint density at radius 1 is 0.975 bits per heavy atom. The molecule has 0 aliphatic carbocycles. The Morgan fingerprint density at radius 3 is 2.27 bits per heavy atom. The molecular formula is C29H38N4O7. The highest BCUT2D eigenvalue weighted by Gasteiger charge is 2.19. The summed E-state index contributed by atoms with van der Waals surface area (Å²) in [7, 11) is 3.12. The number of aliphatic carboxylic acids is 1. The number of aromatic nitrogens is 2. The highest BCUT2D eigenvalue weighted by atomic mass is 16.5. The average molecular weight is 555 g/mol. The van der Waals surface area contributed by atoms with Gasteiger partial charge in [-0.15, -0.1) is 0 Å². The van der Waals surface area contributed by atoms with Gasteiger partial charge in [-0.3, -0.25) is 4.79 Å². The summed E-state index contributed by atoms with van der Waals surface area (Å²) in [6.45, 7) is 4.58. The molecule has 0 bridgehead atoms. The number of carboxylic acid groups (broad SMARTS) is 1. The fraction of sp³-hybridized carbons (Fsp3) is 0.414. The Hall–Kier alpha value is -4.41. The van der Waals surface area contributed by atoms with Crippen LogP contribution in [-0.2, 0) is 17.8 Å².